The van der Waals surface area contributed by atoms with Gasteiger partial charge in [-0.2, -0.15) is 0 Å². The van der Waals surface area contributed by atoms with E-state index in [0.717, 1.165) is 29.0 Å². The normalized spacial score (nSPS) is 13.9. The largest absolute Gasteiger partial charge is 0.451 e. The second-order valence-corrected chi connectivity index (χ2v) is 8.36. The van der Waals surface area contributed by atoms with Gasteiger partial charge in [-0.05, 0) is 49.3 Å². The van der Waals surface area contributed by atoms with Crippen molar-refractivity contribution in [1.29, 1.82) is 0 Å². The topological polar surface area (TPSA) is 68.3 Å². The molecule has 1 heterocycles. The van der Waals surface area contributed by atoms with Crippen molar-refractivity contribution < 1.29 is 14.3 Å². The van der Waals surface area contributed by atoms with Gasteiger partial charge in [-0.25, -0.2) is 9.78 Å². The van der Waals surface area contributed by atoms with E-state index in [4.69, 9.17) is 4.74 Å². The van der Waals surface area contributed by atoms with Crippen LogP contribution in [0.25, 0.3) is 10.6 Å². The summed E-state index contributed by atoms with van der Waals surface area (Å²) in [6, 6.07) is 15.9. The van der Waals surface area contributed by atoms with Crippen LogP contribution in [0.4, 0.5) is 0 Å². The Hall–Kier alpha value is -2.99. The molecule has 0 aliphatic heterocycles. The van der Waals surface area contributed by atoms with E-state index < -0.39 is 5.97 Å². The minimum Gasteiger partial charge on any atom is -0.451 e. The Balaban J connectivity index is 1.30. The molecule has 5 nitrogen and oxygen atoms in total. The number of hydrogen-bond acceptors (Lipinski definition) is 5. The number of aromatic nitrogens is 1. The van der Waals surface area contributed by atoms with Gasteiger partial charge >= 0.3 is 5.97 Å². The van der Waals surface area contributed by atoms with Crippen LogP contribution >= 0.6 is 11.3 Å². The highest BCUT2D eigenvalue weighted by Gasteiger charge is 2.17. The maximum absolute atomic E-state index is 12.3. The molecule has 0 bridgehead atoms. The van der Waals surface area contributed by atoms with Crippen LogP contribution in [0.15, 0.2) is 53.9 Å². The third kappa shape index (κ3) is 4.76. The highest BCUT2D eigenvalue weighted by atomic mass is 32.1. The van der Waals surface area contributed by atoms with E-state index in [2.05, 4.69) is 28.5 Å². The van der Waals surface area contributed by atoms with Crippen molar-refractivity contribution in [2.45, 2.75) is 38.6 Å². The summed E-state index contributed by atoms with van der Waals surface area (Å²) in [5.74, 6) is -0.919. The fraction of sp³-hybridized carbons (Fsp3) is 0.292. The molecule has 2 aromatic carbocycles. The summed E-state index contributed by atoms with van der Waals surface area (Å²) in [5.41, 5.74) is 5.02. The van der Waals surface area contributed by atoms with E-state index >= 15 is 0 Å². The maximum Gasteiger partial charge on any atom is 0.358 e. The van der Waals surface area contributed by atoms with Crippen LogP contribution in [0.2, 0.25) is 0 Å². The Kier molecular flexibility index (Phi) is 6.23. The molecule has 0 saturated carbocycles. The minimum atomic E-state index is -0.593. The van der Waals surface area contributed by atoms with Crippen molar-refractivity contribution >= 4 is 23.2 Å². The lowest BCUT2D eigenvalue weighted by Crippen LogP contribution is -2.31. The molecule has 1 aliphatic carbocycles. The number of thiazole rings is 1. The predicted molar refractivity (Wildman–Crippen MR) is 117 cm³/mol. The third-order valence-electron chi connectivity index (χ3n) is 5.32. The van der Waals surface area contributed by atoms with Crippen molar-refractivity contribution in [2.24, 2.45) is 0 Å². The van der Waals surface area contributed by atoms with Gasteiger partial charge in [-0.3, -0.25) is 4.79 Å². The Morgan fingerprint density at radius 1 is 1.10 bits per heavy atom. The van der Waals surface area contributed by atoms with Crippen LogP contribution in [0.3, 0.4) is 0 Å². The summed E-state index contributed by atoms with van der Waals surface area (Å²) in [7, 11) is 0. The standard InChI is InChI=1S/C24H24N2O3S/c1-16(19-12-11-17-7-5-6-10-20(17)13-19)25-22(27)14-29-24(28)21-15-30-23(26-21)18-8-3-2-4-9-18/h2-4,8-9,11-13,15-16H,5-7,10,14H2,1H3,(H,25,27)/t16-/m0/s1. The molecule has 1 aromatic heterocycles. The minimum absolute atomic E-state index is 0.146. The fourth-order valence-corrected chi connectivity index (χ4v) is 4.47. The molecule has 1 aliphatic rings. The number of rotatable bonds is 6. The average Bonchev–Trinajstić information content (AvgIpc) is 3.28. The van der Waals surface area contributed by atoms with E-state index in [-0.39, 0.29) is 24.2 Å². The Morgan fingerprint density at radius 3 is 2.67 bits per heavy atom. The third-order valence-corrected chi connectivity index (χ3v) is 6.21. The monoisotopic (exact) mass is 420 g/mol. The predicted octanol–water partition coefficient (Wildman–Crippen LogP) is 4.72. The molecular formula is C24H24N2O3S. The lowest BCUT2D eigenvalue weighted by atomic mass is 9.89. The smallest absolute Gasteiger partial charge is 0.358 e. The zero-order chi connectivity index (χ0) is 20.9. The van der Waals surface area contributed by atoms with Crippen molar-refractivity contribution in [2.75, 3.05) is 6.61 Å². The second-order valence-electron chi connectivity index (χ2n) is 7.50. The highest BCUT2D eigenvalue weighted by molar-refractivity contribution is 7.13. The molecule has 0 fully saturated rings. The lowest BCUT2D eigenvalue weighted by Gasteiger charge is -2.20. The van der Waals surface area contributed by atoms with E-state index in [0.29, 0.717) is 0 Å². The van der Waals surface area contributed by atoms with Gasteiger partial charge < -0.3 is 10.1 Å². The van der Waals surface area contributed by atoms with Crippen molar-refractivity contribution in [1.82, 2.24) is 10.3 Å². The molecule has 4 rings (SSSR count). The van der Waals surface area contributed by atoms with E-state index in [1.807, 2.05) is 37.3 Å². The number of benzene rings is 2. The number of amides is 1. The highest BCUT2D eigenvalue weighted by Crippen LogP contribution is 2.25. The lowest BCUT2D eigenvalue weighted by molar-refractivity contribution is -0.124. The van der Waals surface area contributed by atoms with Gasteiger partial charge in [-0.15, -0.1) is 11.3 Å². The van der Waals surface area contributed by atoms with Gasteiger partial charge in [0, 0.05) is 10.9 Å². The van der Waals surface area contributed by atoms with E-state index in [1.54, 1.807) is 5.38 Å². The first-order valence-corrected chi connectivity index (χ1v) is 11.1. The number of fused-ring (bicyclic) bond motifs is 1. The molecule has 1 atom stereocenters. The first kappa shape index (κ1) is 20.3. The molecule has 154 valence electrons. The average molecular weight is 421 g/mol. The van der Waals surface area contributed by atoms with Gasteiger partial charge in [0.15, 0.2) is 12.3 Å². The quantitative estimate of drug-likeness (QED) is 0.586. The van der Waals surface area contributed by atoms with Gasteiger partial charge in [0.25, 0.3) is 5.91 Å². The molecule has 0 spiro atoms. The molecule has 6 heteroatoms. The summed E-state index contributed by atoms with van der Waals surface area (Å²) in [5, 5.41) is 5.30. The van der Waals surface area contributed by atoms with Crippen LogP contribution in [0.5, 0.6) is 0 Å². The van der Waals surface area contributed by atoms with Gasteiger partial charge in [0.1, 0.15) is 5.01 Å². The Labute approximate surface area is 180 Å². The number of nitrogens with zero attached hydrogens (tertiary/aromatic N) is 1. The number of carbonyl (C=O) groups excluding carboxylic acids is 2. The van der Waals surface area contributed by atoms with Gasteiger partial charge in [0.2, 0.25) is 0 Å². The number of carbonyl (C=O) groups is 2. The van der Waals surface area contributed by atoms with Crippen LogP contribution < -0.4 is 5.32 Å². The second kappa shape index (κ2) is 9.22. The molecule has 0 unspecified atom stereocenters. The van der Waals surface area contributed by atoms with Crippen molar-refractivity contribution in [3.8, 4) is 10.6 Å². The SMILES string of the molecule is C[C@H](NC(=O)COC(=O)c1csc(-c2ccccc2)n1)c1ccc2c(c1)CCCC2. The van der Waals surface area contributed by atoms with E-state index in [9.17, 15) is 9.59 Å². The first-order valence-electron chi connectivity index (χ1n) is 10.2. The van der Waals surface area contributed by atoms with Crippen LogP contribution in [0.1, 0.15) is 53.0 Å². The number of ether oxygens (including phenoxy) is 1. The zero-order valence-electron chi connectivity index (χ0n) is 16.9. The maximum atomic E-state index is 12.3. The molecule has 3 aromatic rings. The van der Waals surface area contributed by atoms with Gasteiger partial charge in [0.05, 0.1) is 6.04 Å². The van der Waals surface area contributed by atoms with E-state index in [1.165, 1.54) is 35.3 Å². The number of nitrogens with one attached hydrogen (secondary N) is 1. The van der Waals surface area contributed by atoms with Gasteiger partial charge in [-0.1, -0.05) is 48.5 Å². The molecule has 0 saturated heterocycles. The van der Waals surface area contributed by atoms with Crippen molar-refractivity contribution in [3.05, 3.63) is 76.3 Å². The summed E-state index contributed by atoms with van der Waals surface area (Å²) >= 11 is 1.37. The fourth-order valence-electron chi connectivity index (χ4n) is 3.68. The summed E-state index contributed by atoms with van der Waals surface area (Å²) < 4.78 is 5.16. The zero-order valence-corrected chi connectivity index (χ0v) is 17.7. The summed E-state index contributed by atoms with van der Waals surface area (Å²) in [6.07, 6.45) is 4.69. The van der Waals surface area contributed by atoms with Crippen LogP contribution in [0, 0.1) is 0 Å². The van der Waals surface area contributed by atoms with Crippen LogP contribution in [-0.2, 0) is 22.4 Å². The number of aryl methyl sites for hydroxylation is 2. The number of hydrogen-bond donors (Lipinski definition) is 1. The molecule has 0 radical (unpaired) electrons. The number of esters is 1. The van der Waals surface area contributed by atoms with Crippen molar-refractivity contribution in [3.63, 3.8) is 0 Å². The molecule has 1 N–H and O–H groups in total. The summed E-state index contributed by atoms with van der Waals surface area (Å²) in [4.78, 5) is 28.8. The molecule has 30 heavy (non-hydrogen) atoms. The Bertz CT molecular complexity index is 1050. The first-order chi connectivity index (χ1) is 14.6. The summed E-state index contributed by atoms with van der Waals surface area (Å²) in [6.45, 7) is 1.61. The molecular weight excluding hydrogens is 396 g/mol. The van der Waals surface area contributed by atoms with Crippen LogP contribution in [-0.4, -0.2) is 23.5 Å². The Morgan fingerprint density at radius 2 is 1.87 bits per heavy atom. The molecule has 1 amide bonds.